The number of ketones is 1. The summed E-state index contributed by atoms with van der Waals surface area (Å²) in [5.74, 6) is 0.748. The van der Waals surface area contributed by atoms with E-state index in [9.17, 15) is 4.79 Å². The van der Waals surface area contributed by atoms with E-state index in [4.69, 9.17) is 9.47 Å². The van der Waals surface area contributed by atoms with Gasteiger partial charge in [-0.2, -0.15) is 0 Å². The van der Waals surface area contributed by atoms with Gasteiger partial charge in [0, 0.05) is 19.6 Å². The number of Topliss-reactive ketones (excluding diaryl/α,β-unsaturated/α-hetero) is 1. The number of hydrogen-bond acceptors (Lipinski definition) is 3. The van der Waals surface area contributed by atoms with Crippen LogP contribution in [0.4, 0.5) is 0 Å². The zero-order chi connectivity index (χ0) is 10.4. The minimum absolute atomic E-state index is 0.147. The lowest BCUT2D eigenvalue weighted by Gasteiger charge is -2.21. The topological polar surface area (TPSA) is 35.5 Å². The highest BCUT2D eigenvalue weighted by molar-refractivity contribution is 5.79. The number of hydrogen-bond donors (Lipinski definition) is 0. The van der Waals surface area contributed by atoms with Crippen molar-refractivity contribution in [1.82, 2.24) is 0 Å². The Labute approximate surface area is 85.8 Å². The van der Waals surface area contributed by atoms with Gasteiger partial charge in [-0.1, -0.05) is 0 Å². The van der Waals surface area contributed by atoms with E-state index in [1.807, 2.05) is 13.8 Å². The SMILES string of the molecule is CC(C)OCC(=O)CC1CCOCC1. The van der Waals surface area contributed by atoms with Crippen molar-refractivity contribution >= 4 is 5.78 Å². The number of ether oxygens (including phenoxy) is 2. The van der Waals surface area contributed by atoms with E-state index in [0.717, 1.165) is 26.1 Å². The van der Waals surface area contributed by atoms with Crippen LogP contribution in [0.3, 0.4) is 0 Å². The molecular weight excluding hydrogens is 180 g/mol. The van der Waals surface area contributed by atoms with Gasteiger partial charge in [-0.15, -0.1) is 0 Å². The van der Waals surface area contributed by atoms with Gasteiger partial charge in [0.1, 0.15) is 6.61 Å². The number of rotatable bonds is 5. The summed E-state index contributed by atoms with van der Waals surface area (Å²) in [6, 6.07) is 0. The molecule has 14 heavy (non-hydrogen) atoms. The fraction of sp³-hybridized carbons (Fsp3) is 0.909. The second kappa shape index (κ2) is 6.14. The lowest BCUT2D eigenvalue weighted by atomic mass is 9.95. The van der Waals surface area contributed by atoms with Gasteiger partial charge in [0.2, 0.25) is 0 Å². The Hall–Kier alpha value is -0.410. The first-order chi connectivity index (χ1) is 6.68. The molecule has 0 aliphatic carbocycles. The van der Waals surface area contributed by atoms with E-state index < -0.39 is 0 Å². The van der Waals surface area contributed by atoms with E-state index in [1.54, 1.807) is 0 Å². The Morgan fingerprint density at radius 3 is 2.64 bits per heavy atom. The van der Waals surface area contributed by atoms with Crippen LogP contribution in [-0.4, -0.2) is 31.7 Å². The zero-order valence-corrected chi connectivity index (χ0v) is 9.12. The van der Waals surface area contributed by atoms with Gasteiger partial charge in [0.15, 0.2) is 5.78 Å². The lowest BCUT2D eigenvalue weighted by molar-refractivity contribution is -0.126. The normalized spacial score (nSPS) is 18.8. The largest absolute Gasteiger partial charge is 0.381 e. The average molecular weight is 200 g/mol. The van der Waals surface area contributed by atoms with Crippen LogP contribution in [0.1, 0.15) is 33.1 Å². The van der Waals surface area contributed by atoms with Crippen molar-refractivity contribution in [3.05, 3.63) is 0 Å². The van der Waals surface area contributed by atoms with Crippen LogP contribution in [0.5, 0.6) is 0 Å². The zero-order valence-electron chi connectivity index (χ0n) is 9.12. The van der Waals surface area contributed by atoms with E-state index >= 15 is 0 Å². The third-order valence-corrected chi connectivity index (χ3v) is 2.43. The fourth-order valence-corrected chi connectivity index (χ4v) is 1.59. The summed E-state index contributed by atoms with van der Waals surface area (Å²) in [4.78, 5) is 11.4. The first-order valence-electron chi connectivity index (χ1n) is 5.39. The molecule has 0 amide bonds. The molecule has 0 atom stereocenters. The monoisotopic (exact) mass is 200 g/mol. The molecule has 1 aliphatic heterocycles. The molecule has 1 fully saturated rings. The van der Waals surface area contributed by atoms with Crippen molar-refractivity contribution in [2.45, 2.75) is 39.2 Å². The molecule has 0 spiro atoms. The molecule has 0 unspecified atom stereocenters. The summed E-state index contributed by atoms with van der Waals surface area (Å²) < 4.78 is 10.5. The highest BCUT2D eigenvalue weighted by atomic mass is 16.5. The maximum atomic E-state index is 11.4. The number of carbonyl (C=O) groups is 1. The molecule has 0 saturated carbocycles. The van der Waals surface area contributed by atoms with Crippen LogP contribution in [0.25, 0.3) is 0 Å². The molecule has 0 N–H and O–H groups in total. The fourth-order valence-electron chi connectivity index (χ4n) is 1.59. The number of carbonyl (C=O) groups excluding carboxylic acids is 1. The van der Waals surface area contributed by atoms with Gasteiger partial charge in [-0.3, -0.25) is 4.79 Å². The predicted molar refractivity (Wildman–Crippen MR) is 54.3 cm³/mol. The minimum Gasteiger partial charge on any atom is -0.381 e. The third kappa shape index (κ3) is 4.72. The molecule has 0 bridgehead atoms. The average Bonchev–Trinajstić information content (AvgIpc) is 2.16. The summed E-state index contributed by atoms with van der Waals surface area (Å²) in [6.45, 7) is 5.78. The van der Waals surface area contributed by atoms with Gasteiger partial charge < -0.3 is 9.47 Å². The summed E-state index contributed by atoms with van der Waals surface area (Å²) in [7, 11) is 0. The van der Waals surface area contributed by atoms with Gasteiger partial charge in [-0.05, 0) is 32.6 Å². The quantitative estimate of drug-likeness (QED) is 0.678. The molecule has 3 heteroatoms. The van der Waals surface area contributed by atoms with E-state index in [2.05, 4.69) is 0 Å². The Kier molecular flexibility index (Phi) is 5.12. The van der Waals surface area contributed by atoms with Gasteiger partial charge in [-0.25, -0.2) is 0 Å². The Morgan fingerprint density at radius 2 is 2.07 bits per heavy atom. The third-order valence-electron chi connectivity index (χ3n) is 2.43. The standard InChI is InChI=1S/C11H20O3/c1-9(2)14-8-11(12)7-10-3-5-13-6-4-10/h9-10H,3-8H2,1-2H3. The molecule has 0 aromatic heterocycles. The van der Waals surface area contributed by atoms with Gasteiger partial charge >= 0.3 is 0 Å². The van der Waals surface area contributed by atoms with Crippen molar-refractivity contribution in [2.24, 2.45) is 5.92 Å². The molecule has 3 nitrogen and oxygen atoms in total. The van der Waals surface area contributed by atoms with Crippen LogP contribution in [0.2, 0.25) is 0 Å². The lowest BCUT2D eigenvalue weighted by Crippen LogP contribution is -2.21. The molecule has 0 radical (unpaired) electrons. The molecule has 1 rings (SSSR count). The second-order valence-corrected chi connectivity index (χ2v) is 4.16. The molecule has 1 saturated heterocycles. The first kappa shape index (κ1) is 11.7. The highest BCUT2D eigenvalue weighted by Crippen LogP contribution is 2.18. The van der Waals surface area contributed by atoms with Crippen LogP contribution < -0.4 is 0 Å². The van der Waals surface area contributed by atoms with Crippen molar-refractivity contribution in [2.75, 3.05) is 19.8 Å². The molecular formula is C11H20O3. The van der Waals surface area contributed by atoms with E-state index in [0.29, 0.717) is 12.3 Å². The Morgan fingerprint density at radius 1 is 1.43 bits per heavy atom. The second-order valence-electron chi connectivity index (χ2n) is 4.16. The van der Waals surface area contributed by atoms with E-state index in [-0.39, 0.29) is 18.5 Å². The summed E-state index contributed by atoms with van der Waals surface area (Å²) in [6.07, 6.45) is 2.85. The van der Waals surface area contributed by atoms with Crippen LogP contribution >= 0.6 is 0 Å². The molecule has 1 heterocycles. The maximum absolute atomic E-state index is 11.4. The predicted octanol–water partition coefficient (Wildman–Crippen LogP) is 1.80. The Balaban J connectivity index is 2.12. The van der Waals surface area contributed by atoms with Crippen molar-refractivity contribution in [1.29, 1.82) is 0 Å². The van der Waals surface area contributed by atoms with Gasteiger partial charge in [0.05, 0.1) is 6.10 Å². The van der Waals surface area contributed by atoms with Crippen LogP contribution in [0, 0.1) is 5.92 Å². The van der Waals surface area contributed by atoms with E-state index in [1.165, 1.54) is 0 Å². The highest BCUT2D eigenvalue weighted by Gasteiger charge is 2.17. The Bertz CT molecular complexity index is 171. The summed E-state index contributed by atoms with van der Waals surface area (Å²) in [5.41, 5.74) is 0. The molecule has 0 aromatic rings. The van der Waals surface area contributed by atoms with Gasteiger partial charge in [0.25, 0.3) is 0 Å². The molecule has 82 valence electrons. The summed E-state index contributed by atoms with van der Waals surface area (Å²) >= 11 is 0. The molecule has 1 aliphatic rings. The minimum atomic E-state index is 0.147. The van der Waals surface area contributed by atoms with Crippen molar-refractivity contribution < 1.29 is 14.3 Å². The maximum Gasteiger partial charge on any atom is 0.158 e. The first-order valence-corrected chi connectivity index (χ1v) is 5.39. The van der Waals surface area contributed by atoms with Crippen LogP contribution in [-0.2, 0) is 14.3 Å². The van der Waals surface area contributed by atoms with Crippen molar-refractivity contribution in [3.8, 4) is 0 Å². The molecule has 0 aromatic carbocycles. The van der Waals surface area contributed by atoms with Crippen molar-refractivity contribution in [3.63, 3.8) is 0 Å². The summed E-state index contributed by atoms with van der Waals surface area (Å²) in [5, 5.41) is 0. The smallest absolute Gasteiger partial charge is 0.158 e. The van der Waals surface area contributed by atoms with Crippen LogP contribution in [0.15, 0.2) is 0 Å².